The molecule has 0 aliphatic carbocycles. The summed E-state index contributed by atoms with van der Waals surface area (Å²) in [6.07, 6.45) is 0. The molecule has 1 amide bonds. The topological polar surface area (TPSA) is 59.2 Å². The number of hydrogen-bond acceptors (Lipinski definition) is 5. The maximum atomic E-state index is 13.8. The molecule has 5 rings (SSSR count). The van der Waals surface area contributed by atoms with Gasteiger partial charge in [-0.25, -0.2) is 4.98 Å². The van der Waals surface area contributed by atoms with E-state index in [1.165, 1.54) is 11.3 Å². The van der Waals surface area contributed by atoms with Gasteiger partial charge < -0.3 is 5.73 Å². The van der Waals surface area contributed by atoms with E-state index in [1.54, 1.807) is 16.7 Å². The number of aryl methyl sites for hydroxylation is 2. The first-order valence-corrected chi connectivity index (χ1v) is 11.0. The van der Waals surface area contributed by atoms with Crippen molar-refractivity contribution in [2.75, 3.05) is 10.6 Å². The largest absolute Gasteiger partial charge is 0.397 e. The molecule has 7 heteroatoms. The zero-order chi connectivity index (χ0) is 20.3. The fourth-order valence-electron chi connectivity index (χ4n) is 3.68. The van der Waals surface area contributed by atoms with Gasteiger partial charge in [-0.15, -0.1) is 11.3 Å². The molecule has 144 valence electrons. The molecular weight excluding hydrogens is 422 g/mol. The van der Waals surface area contributed by atoms with Crippen molar-refractivity contribution < 1.29 is 4.79 Å². The molecule has 29 heavy (non-hydrogen) atoms. The van der Waals surface area contributed by atoms with Gasteiger partial charge in [0.15, 0.2) is 0 Å². The third-order valence-electron chi connectivity index (χ3n) is 4.91. The van der Waals surface area contributed by atoms with Crippen LogP contribution in [0.3, 0.4) is 0 Å². The minimum absolute atomic E-state index is 0.168. The van der Waals surface area contributed by atoms with Crippen molar-refractivity contribution in [3.63, 3.8) is 0 Å². The highest BCUT2D eigenvalue weighted by Gasteiger charge is 2.32. The summed E-state index contributed by atoms with van der Waals surface area (Å²) >= 11 is 9.24. The Balaban J connectivity index is 1.73. The number of pyridine rings is 1. The lowest BCUT2D eigenvalue weighted by atomic mass is 10.1. The maximum absolute atomic E-state index is 13.8. The lowest BCUT2D eigenvalue weighted by molar-refractivity contribution is 0.100. The molecule has 0 unspecified atom stereocenters. The molecule has 0 saturated heterocycles. The first-order chi connectivity index (χ1) is 13.9. The zero-order valence-corrected chi connectivity index (χ0v) is 18.1. The van der Waals surface area contributed by atoms with Crippen LogP contribution in [0.4, 0.5) is 17.1 Å². The number of para-hydroxylation sites is 1. The molecule has 0 atom stereocenters. The Morgan fingerprint density at radius 2 is 1.83 bits per heavy atom. The smallest absolute Gasteiger partial charge is 0.275 e. The van der Waals surface area contributed by atoms with Gasteiger partial charge in [0.1, 0.15) is 9.71 Å². The van der Waals surface area contributed by atoms with Crippen LogP contribution < -0.4 is 10.6 Å². The molecule has 0 radical (unpaired) electrons. The molecule has 0 spiro atoms. The number of rotatable bonds is 1. The lowest BCUT2D eigenvalue weighted by Crippen LogP contribution is -2.28. The highest BCUT2D eigenvalue weighted by Crippen LogP contribution is 2.50. The number of amides is 1. The molecule has 2 N–H and O–H groups in total. The number of fused-ring (bicyclic) bond motifs is 3. The number of nitrogens with two attached hydrogens (primary N) is 1. The van der Waals surface area contributed by atoms with Crippen molar-refractivity contribution in [2.45, 2.75) is 23.6 Å². The van der Waals surface area contributed by atoms with E-state index >= 15 is 0 Å². The fraction of sp³-hybridized carbons (Fsp3) is 0.0909. The predicted molar refractivity (Wildman–Crippen MR) is 122 cm³/mol. The summed E-state index contributed by atoms with van der Waals surface area (Å²) in [7, 11) is 0. The van der Waals surface area contributed by atoms with E-state index in [0.717, 1.165) is 42.6 Å². The summed E-state index contributed by atoms with van der Waals surface area (Å²) in [5.41, 5.74) is 10.5. The van der Waals surface area contributed by atoms with Crippen LogP contribution in [-0.4, -0.2) is 10.9 Å². The maximum Gasteiger partial charge on any atom is 0.275 e. The number of nitrogens with zero attached hydrogens (tertiary/aromatic N) is 2. The normalized spacial score (nSPS) is 12.7. The Labute approximate surface area is 181 Å². The van der Waals surface area contributed by atoms with Gasteiger partial charge in [-0.1, -0.05) is 35.5 Å². The molecular formula is C22H16ClN3OS2. The Bertz CT molecular complexity index is 1320. The highest BCUT2D eigenvalue weighted by atomic mass is 35.5. The van der Waals surface area contributed by atoms with Crippen LogP contribution >= 0.6 is 34.7 Å². The van der Waals surface area contributed by atoms with Crippen molar-refractivity contribution in [1.29, 1.82) is 0 Å². The molecule has 0 bridgehead atoms. The second-order valence-corrected chi connectivity index (χ2v) is 9.45. The van der Waals surface area contributed by atoms with Gasteiger partial charge >= 0.3 is 0 Å². The number of carbonyl (C=O) groups is 1. The van der Waals surface area contributed by atoms with E-state index < -0.39 is 0 Å². The number of halogens is 1. The number of anilines is 3. The third-order valence-corrected chi connectivity index (χ3v) is 7.36. The summed E-state index contributed by atoms with van der Waals surface area (Å²) in [5, 5.41) is 1.44. The predicted octanol–water partition coefficient (Wildman–Crippen LogP) is 6.59. The SMILES string of the molecule is Cc1cc(C)c2c(N)c(C(=O)N3c4ccccc4Sc4ccc(Cl)cc43)sc2n1. The zero-order valence-electron chi connectivity index (χ0n) is 15.7. The second-order valence-electron chi connectivity index (χ2n) is 6.93. The molecule has 2 aromatic heterocycles. The van der Waals surface area contributed by atoms with Crippen molar-refractivity contribution in [2.24, 2.45) is 0 Å². The minimum atomic E-state index is -0.168. The van der Waals surface area contributed by atoms with Crippen LogP contribution in [0.15, 0.2) is 58.3 Å². The molecule has 0 fully saturated rings. The van der Waals surface area contributed by atoms with E-state index in [0.29, 0.717) is 15.6 Å². The summed E-state index contributed by atoms with van der Waals surface area (Å²) < 4.78 is 0. The third kappa shape index (κ3) is 2.90. The number of hydrogen-bond donors (Lipinski definition) is 1. The summed E-state index contributed by atoms with van der Waals surface area (Å²) in [6, 6.07) is 15.5. The van der Waals surface area contributed by atoms with E-state index in [-0.39, 0.29) is 5.91 Å². The van der Waals surface area contributed by atoms with E-state index in [2.05, 4.69) is 4.98 Å². The number of aromatic nitrogens is 1. The standard InChI is InChI=1S/C22H16ClN3OS2/c1-11-9-12(2)25-21-18(11)19(24)20(29-21)22(27)26-14-5-3-4-6-16(14)28-17-8-7-13(23)10-15(17)26/h3-10H,24H2,1-2H3. The van der Waals surface area contributed by atoms with Crippen LogP contribution in [0.5, 0.6) is 0 Å². The van der Waals surface area contributed by atoms with Crippen LogP contribution in [0, 0.1) is 13.8 Å². The molecule has 1 aliphatic rings. The first-order valence-electron chi connectivity index (χ1n) is 9.01. The van der Waals surface area contributed by atoms with Crippen molar-refractivity contribution in [1.82, 2.24) is 4.98 Å². The quantitative estimate of drug-likeness (QED) is 0.364. The van der Waals surface area contributed by atoms with Gasteiger partial charge in [-0.3, -0.25) is 9.69 Å². The summed E-state index contributed by atoms with van der Waals surface area (Å²) in [5.74, 6) is -0.168. The van der Waals surface area contributed by atoms with Crippen LogP contribution in [0.25, 0.3) is 10.2 Å². The minimum Gasteiger partial charge on any atom is -0.397 e. The Kier molecular flexibility index (Phi) is 4.31. The van der Waals surface area contributed by atoms with Gasteiger partial charge in [0.25, 0.3) is 5.91 Å². The van der Waals surface area contributed by atoms with E-state index in [9.17, 15) is 4.79 Å². The molecule has 3 heterocycles. The Hall–Kier alpha value is -2.54. The molecule has 4 aromatic rings. The summed E-state index contributed by atoms with van der Waals surface area (Å²) in [4.78, 5) is 23.4. The molecule has 1 aliphatic heterocycles. The van der Waals surface area contributed by atoms with Gasteiger partial charge in [0, 0.05) is 25.9 Å². The van der Waals surface area contributed by atoms with Gasteiger partial charge in [-0.2, -0.15) is 0 Å². The second kappa shape index (κ2) is 6.76. The Morgan fingerprint density at radius 3 is 2.66 bits per heavy atom. The highest BCUT2D eigenvalue weighted by molar-refractivity contribution is 7.99. The molecule has 4 nitrogen and oxygen atoms in total. The monoisotopic (exact) mass is 437 g/mol. The van der Waals surface area contributed by atoms with Crippen LogP contribution in [0.2, 0.25) is 5.02 Å². The van der Waals surface area contributed by atoms with Crippen LogP contribution in [0.1, 0.15) is 20.9 Å². The number of benzene rings is 2. The average Bonchev–Trinajstić information content (AvgIpc) is 3.02. The lowest BCUT2D eigenvalue weighted by Gasteiger charge is -2.31. The van der Waals surface area contributed by atoms with Crippen molar-refractivity contribution >= 4 is 67.9 Å². The Morgan fingerprint density at radius 1 is 1.07 bits per heavy atom. The molecule has 2 aromatic carbocycles. The van der Waals surface area contributed by atoms with Gasteiger partial charge in [0.05, 0.1) is 17.1 Å². The summed E-state index contributed by atoms with van der Waals surface area (Å²) in [6.45, 7) is 3.94. The fourth-order valence-corrected chi connectivity index (χ4v) is 6.03. The molecule has 0 saturated carbocycles. The van der Waals surface area contributed by atoms with Crippen molar-refractivity contribution in [3.8, 4) is 0 Å². The van der Waals surface area contributed by atoms with Gasteiger partial charge in [0.2, 0.25) is 0 Å². The first kappa shape index (κ1) is 18.5. The van der Waals surface area contributed by atoms with Crippen LogP contribution in [-0.2, 0) is 0 Å². The van der Waals surface area contributed by atoms with E-state index in [4.69, 9.17) is 17.3 Å². The number of thiophene rings is 1. The number of carbonyl (C=O) groups excluding carboxylic acids is 1. The number of nitrogen functional groups attached to an aromatic ring is 1. The van der Waals surface area contributed by atoms with Crippen molar-refractivity contribution in [3.05, 3.63) is 69.7 Å². The van der Waals surface area contributed by atoms with E-state index in [1.807, 2.05) is 62.4 Å². The van der Waals surface area contributed by atoms with Gasteiger partial charge in [-0.05, 0) is 55.8 Å². The average molecular weight is 438 g/mol.